The highest BCUT2D eigenvalue weighted by Crippen LogP contribution is 2.37. The van der Waals surface area contributed by atoms with E-state index >= 15 is 0 Å². The molecule has 11 nitrogen and oxygen atoms in total. The first kappa shape index (κ1) is 29.5. The Morgan fingerprint density at radius 1 is 1.20 bits per heavy atom. The summed E-state index contributed by atoms with van der Waals surface area (Å²) in [5.41, 5.74) is 1.43. The average Bonchev–Trinajstić information content (AvgIpc) is 3.53. The van der Waals surface area contributed by atoms with Crippen LogP contribution in [-0.4, -0.2) is 50.5 Å². The zero-order chi connectivity index (χ0) is 28.9. The number of hydroxylamine groups is 1. The number of likely N-dealkylation sites (tertiary alicyclic amines) is 1. The molecule has 2 unspecified atom stereocenters. The van der Waals surface area contributed by atoms with E-state index < -0.39 is 29.4 Å². The Morgan fingerprint density at radius 3 is 2.50 bits per heavy atom. The number of anilines is 1. The summed E-state index contributed by atoms with van der Waals surface area (Å²) in [4.78, 5) is 48.9. The summed E-state index contributed by atoms with van der Waals surface area (Å²) >= 11 is 13.2. The lowest BCUT2D eigenvalue weighted by atomic mass is 9.88. The van der Waals surface area contributed by atoms with Crippen LogP contribution < -0.4 is 20.9 Å². The van der Waals surface area contributed by atoms with E-state index in [0.29, 0.717) is 22.9 Å². The molecule has 0 saturated carbocycles. The van der Waals surface area contributed by atoms with Gasteiger partial charge < -0.3 is 15.0 Å². The number of carbonyl (C=O) groups excluding carboxylic acids is 3. The van der Waals surface area contributed by atoms with Gasteiger partial charge in [-0.15, -0.1) is 11.3 Å². The molecule has 0 aliphatic carbocycles. The fraction of sp³-hybridized carbons (Fsp3) is 0.346. The number of rotatable bonds is 10. The van der Waals surface area contributed by atoms with Crippen molar-refractivity contribution in [1.29, 1.82) is 0 Å². The lowest BCUT2D eigenvalue weighted by Crippen LogP contribution is -2.56. The van der Waals surface area contributed by atoms with Crippen LogP contribution in [0.25, 0.3) is 0 Å². The Balaban J connectivity index is 1.60. The summed E-state index contributed by atoms with van der Waals surface area (Å²) < 4.78 is 5.85. The van der Waals surface area contributed by atoms with Gasteiger partial charge in [-0.25, -0.2) is 20.2 Å². The van der Waals surface area contributed by atoms with Gasteiger partial charge >= 0.3 is 6.03 Å². The number of ether oxygens (including phenoxy) is 1. The van der Waals surface area contributed by atoms with Gasteiger partial charge in [0.2, 0.25) is 0 Å². The number of benzene rings is 1. The Morgan fingerprint density at radius 2 is 1.90 bits per heavy atom. The second-order valence-electron chi connectivity index (χ2n) is 9.63. The van der Waals surface area contributed by atoms with Crippen LogP contribution in [0.2, 0.25) is 10.3 Å². The smallest absolute Gasteiger partial charge is 0.322 e. The minimum atomic E-state index is -1.48. The van der Waals surface area contributed by atoms with Crippen molar-refractivity contribution in [3.63, 3.8) is 0 Å². The molecule has 40 heavy (non-hydrogen) atoms. The molecule has 0 radical (unpaired) electrons. The van der Waals surface area contributed by atoms with Crippen LogP contribution in [0.3, 0.4) is 0 Å². The summed E-state index contributed by atoms with van der Waals surface area (Å²) in [6.07, 6.45) is 2.07. The third kappa shape index (κ3) is 6.81. The number of nitrogens with zero attached hydrogens (tertiary/aromatic N) is 3. The van der Waals surface area contributed by atoms with Crippen LogP contribution in [0.4, 0.5) is 9.93 Å². The quantitative estimate of drug-likeness (QED) is 0.150. The van der Waals surface area contributed by atoms with Crippen molar-refractivity contribution in [2.75, 3.05) is 11.9 Å². The maximum Gasteiger partial charge on any atom is 0.322 e. The van der Waals surface area contributed by atoms with Crippen LogP contribution in [0.5, 0.6) is 5.75 Å². The van der Waals surface area contributed by atoms with Crippen LogP contribution in [0.1, 0.15) is 37.8 Å². The van der Waals surface area contributed by atoms with Crippen LogP contribution >= 0.6 is 34.5 Å². The minimum absolute atomic E-state index is 0.0628. The highest BCUT2D eigenvalue weighted by atomic mass is 35.5. The van der Waals surface area contributed by atoms with Crippen molar-refractivity contribution in [3.05, 3.63) is 69.4 Å². The second kappa shape index (κ2) is 12.8. The standard InChI is InChI=1S/C26H28Cl2N6O5S/c1-15(2)11-19(22(35)33-38)34-9-7-26(23(34)36,32-24(37)31-25-29-8-10-40-25)17-3-5-18(6-4-17)39-14-16-12-20(27)30-21(28)13-16/h3-6,8,10,12-13,15,19,38H,7,9,11,14H2,1-2H3,(H,33,35)(H2,29,31,32,37). The van der Waals surface area contributed by atoms with Crippen molar-refractivity contribution in [2.45, 2.75) is 44.9 Å². The van der Waals surface area contributed by atoms with Gasteiger partial charge in [-0.3, -0.25) is 20.1 Å². The highest BCUT2D eigenvalue weighted by Gasteiger charge is 2.52. The first-order valence-corrected chi connectivity index (χ1v) is 14.0. The van der Waals surface area contributed by atoms with Gasteiger partial charge in [-0.1, -0.05) is 49.2 Å². The minimum Gasteiger partial charge on any atom is -0.489 e. The van der Waals surface area contributed by atoms with Crippen molar-refractivity contribution >= 4 is 57.5 Å². The molecule has 1 aliphatic heterocycles. The zero-order valence-electron chi connectivity index (χ0n) is 21.7. The zero-order valence-corrected chi connectivity index (χ0v) is 24.0. The molecule has 1 fully saturated rings. The fourth-order valence-corrected chi connectivity index (χ4v) is 5.63. The molecule has 1 aromatic carbocycles. The summed E-state index contributed by atoms with van der Waals surface area (Å²) in [7, 11) is 0. The lowest BCUT2D eigenvalue weighted by molar-refractivity contribution is -0.145. The number of nitrogens with one attached hydrogen (secondary N) is 3. The molecule has 212 valence electrons. The van der Waals surface area contributed by atoms with E-state index in [9.17, 15) is 19.6 Å². The number of aromatic nitrogens is 2. The number of halogens is 2. The molecule has 14 heteroatoms. The second-order valence-corrected chi connectivity index (χ2v) is 11.3. The lowest BCUT2D eigenvalue weighted by Gasteiger charge is -2.32. The van der Waals surface area contributed by atoms with Gasteiger partial charge in [0.15, 0.2) is 5.13 Å². The predicted octanol–water partition coefficient (Wildman–Crippen LogP) is 4.59. The van der Waals surface area contributed by atoms with Crippen LogP contribution in [0.15, 0.2) is 48.0 Å². The van der Waals surface area contributed by atoms with Gasteiger partial charge in [0.25, 0.3) is 11.8 Å². The summed E-state index contributed by atoms with van der Waals surface area (Å²) in [5, 5.41) is 17.4. The van der Waals surface area contributed by atoms with E-state index in [1.807, 2.05) is 13.8 Å². The van der Waals surface area contributed by atoms with Gasteiger partial charge in [0, 0.05) is 24.5 Å². The van der Waals surface area contributed by atoms with E-state index in [1.54, 1.807) is 53.5 Å². The monoisotopic (exact) mass is 606 g/mol. The Bertz CT molecular complexity index is 1340. The molecule has 3 aromatic rings. The maximum atomic E-state index is 14.0. The molecule has 1 aliphatic rings. The van der Waals surface area contributed by atoms with Crippen LogP contribution in [-0.2, 0) is 21.7 Å². The molecule has 4 rings (SSSR count). The van der Waals surface area contributed by atoms with E-state index in [4.69, 9.17) is 27.9 Å². The molecule has 4 N–H and O–H groups in total. The number of hydrogen-bond donors (Lipinski definition) is 4. The summed E-state index contributed by atoms with van der Waals surface area (Å²) in [6, 6.07) is 8.50. The first-order chi connectivity index (χ1) is 19.1. The van der Waals surface area contributed by atoms with Crippen LogP contribution in [0, 0.1) is 5.92 Å². The maximum absolute atomic E-state index is 14.0. The SMILES string of the molecule is CC(C)CC(C(=O)NO)N1CCC(NC(=O)Nc2nccs2)(c2ccc(OCc3cc(Cl)nc(Cl)c3)cc2)C1=O. The van der Waals surface area contributed by atoms with E-state index in [1.165, 1.54) is 16.2 Å². The number of hydrogen-bond acceptors (Lipinski definition) is 8. The molecular weight excluding hydrogens is 579 g/mol. The molecule has 3 heterocycles. The molecular formula is C26H28Cl2N6O5S. The van der Waals surface area contributed by atoms with Crippen molar-refractivity contribution in [1.82, 2.24) is 25.7 Å². The normalized spacial score (nSPS) is 17.6. The molecule has 1 saturated heterocycles. The van der Waals surface area contributed by atoms with Crippen molar-refractivity contribution in [3.8, 4) is 5.75 Å². The Hall–Kier alpha value is -3.45. The van der Waals surface area contributed by atoms with Crippen molar-refractivity contribution in [2.24, 2.45) is 5.92 Å². The molecule has 0 bridgehead atoms. The van der Waals surface area contributed by atoms with Gasteiger partial charge in [-0.05, 0) is 47.7 Å². The number of urea groups is 1. The predicted molar refractivity (Wildman–Crippen MR) is 150 cm³/mol. The number of pyridine rings is 1. The number of amides is 4. The molecule has 0 spiro atoms. The van der Waals surface area contributed by atoms with Gasteiger partial charge in [0.05, 0.1) is 0 Å². The van der Waals surface area contributed by atoms with Gasteiger partial charge in [-0.2, -0.15) is 0 Å². The summed E-state index contributed by atoms with van der Waals surface area (Å²) in [5.74, 6) is -0.585. The summed E-state index contributed by atoms with van der Waals surface area (Å²) in [6.45, 7) is 4.19. The third-order valence-corrected chi connectivity index (χ3v) is 7.47. The molecule has 4 amide bonds. The average molecular weight is 608 g/mol. The van der Waals surface area contributed by atoms with Gasteiger partial charge in [0.1, 0.15) is 34.2 Å². The highest BCUT2D eigenvalue weighted by molar-refractivity contribution is 7.13. The van der Waals surface area contributed by atoms with E-state index in [0.717, 1.165) is 5.56 Å². The van der Waals surface area contributed by atoms with E-state index in [-0.39, 0.29) is 35.8 Å². The first-order valence-electron chi connectivity index (χ1n) is 12.4. The third-order valence-electron chi connectivity index (χ3n) is 6.39. The Labute approximate surface area is 244 Å². The molecule has 2 aromatic heterocycles. The van der Waals surface area contributed by atoms with Crippen molar-refractivity contribution < 1.29 is 24.3 Å². The number of carbonyl (C=O) groups is 3. The fourth-order valence-electron chi connectivity index (χ4n) is 4.60. The molecule has 2 atom stereocenters. The largest absolute Gasteiger partial charge is 0.489 e. The Kier molecular flexibility index (Phi) is 9.46. The number of thiazole rings is 1. The topological polar surface area (TPSA) is 146 Å². The van der Waals surface area contributed by atoms with E-state index in [2.05, 4.69) is 20.6 Å².